The van der Waals surface area contributed by atoms with Crippen LogP contribution >= 0.6 is 15.9 Å². The van der Waals surface area contributed by atoms with Crippen LogP contribution in [0.3, 0.4) is 0 Å². The molecule has 2 fully saturated rings. The number of halogens is 1. The molecule has 1 aromatic rings. The summed E-state index contributed by atoms with van der Waals surface area (Å²) in [4.78, 5) is 23.0. The number of anilines is 2. The second-order valence-corrected chi connectivity index (χ2v) is 6.77. The molecule has 1 aromatic heterocycles. The highest BCUT2D eigenvalue weighted by Gasteiger charge is 2.29. The van der Waals surface area contributed by atoms with Crippen LogP contribution in [-0.2, 0) is 4.79 Å². The molecule has 5 nitrogen and oxygen atoms in total. The average molecular weight is 339 g/mol. The molecule has 0 aromatic carbocycles. The zero-order chi connectivity index (χ0) is 14.1. The van der Waals surface area contributed by atoms with Gasteiger partial charge in [0.05, 0.1) is 11.9 Å². The minimum absolute atomic E-state index is 0.145. The van der Waals surface area contributed by atoms with E-state index in [0.29, 0.717) is 13.0 Å². The van der Waals surface area contributed by atoms with Gasteiger partial charge in [0.15, 0.2) is 0 Å². The Morgan fingerprint density at radius 3 is 2.55 bits per heavy atom. The van der Waals surface area contributed by atoms with Crippen LogP contribution in [0, 0.1) is 0 Å². The minimum Gasteiger partial charge on any atom is -0.368 e. The Hall–Kier alpha value is -1.14. The van der Waals surface area contributed by atoms with Gasteiger partial charge in [0.1, 0.15) is 5.82 Å². The number of hydrogen-bond donors (Lipinski definition) is 0. The molecule has 3 rings (SSSR count). The second-order valence-electron chi connectivity index (χ2n) is 5.47. The summed E-state index contributed by atoms with van der Waals surface area (Å²) in [7, 11) is 2.15. The number of rotatable bonds is 2. The molecule has 1 atom stereocenters. The number of carbonyl (C=O) groups excluding carboxylic acids is 1. The topological polar surface area (TPSA) is 39.7 Å². The Morgan fingerprint density at radius 1 is 1.25 bits per heavy atom. The van der Waals surface area contributed by atoms with Crippen molar-refractivity contribution in [2.75, 3.05) is 49.6 Å². The fraction of sp³-hybridized carbons (Fsp3) is 0.571. The van der Waals surface area contributed by atoms with Gasteiger partial charge in [-0.05, 0) is 19.2 Å². The summed E-state index contributed by atoms with van der Waals surface area (Å²) in [5.74, 6) is 0.904. The number of likely N-dealkylation sites (N-methyl/N-ethyl adjacent to an activating group) is 1. The standard InChI is InChI=1S/C14H19BrN4O/c1-17-4-6-18(7-5-17)12-2-3-13(16-9-12)19-10-11(15)8-14(19)20/h2-3,9,11H,4-8,10H2,1H3. The predicted molar refractivity (Wildman–Crippen MR) is 83.6 cm³/mol. The van der Waals surface area contributed by atoms with E-state index < -0.39 is 0 Å². The van der Waals surface area contributed by atoms with Gasteiger partial charge in [-0.1, -0.05) is 15.9 Å². The van der Waals surface area contributed by atoms with Crippen molar-refractivity contribution in [2.24, 2.45) is 0 Å². The number of nitrogens with zero attached hydrogens (tertiary/aromatic N) is 4. The molecule has 3 heterocycles. The lowest BCUT2D eigenvalue weighted by Crippen LogP contribution is -2.44. The van der Waals surface area contributed by atoms with Gasteiger partial charge in [0.25, 0.3) is 0 Å². The molecule has 1 amide bonds. The summed E-state index contributed by atoms with van der Waals surface area (Å²) in [5.41, 5.74) is 1.14. The highest BCUT2D eigenvalue weighted by atomic mass is 79.9. The molecule has 0 N–H and O–H groups in total. The van der Waals surface area contributed by atoms with E-state index in [1.165, 1.54) is 0 Å². The first-order chi connectivity index (χ1) is 9.63. The van der Waals surface area contributed by atoms with Crippen molar-refractivity contribution in [3.8, 4) is 0 Å². The fourth-order valence-electron chi connectivity index (χ4n) is 2.68. The first-order valence-electron chi connectivity index (χ1n) is 6.97. The van der Waals surface area contributed by atoms with E-state index in [1.54, 1.807) is 4.90 Å². The van der Waals surface area contributed by atoms with E-state index in [2.05, 4.69) is 43.8 Å². The van der Waals surface area contributed by atoms with Crippen molar-refractivity contribution in [3.63, 3.8) is 0 Å². The third kappa shape index (κ3) is 2.81. The highest BCUT2D eigenvalue weighted by Crippen LogP contribution is 2.25. The summed E-state index contributed by atoms with van der Waals surface area (Å²) in [6.45, 7) is 4.93. The maximum absolute atomic E-state index is 11.8. The number of alkyl halides is 1. The average Bonchev–Trinajstić information content (AvgIpc) is 2.79. The van der Waals surface area contributed by atoms with E-state index in [0.717, 1.165) is 37.7 Å². The molecule has 2 saturated heterocycles. The lowest BCUT2D eigenvalue weighted by molar-refractivity contribution is -0.117. The second kappa shape index (κ2) is 5.69. The summed E-state index contributed by atoms with van der Waals surface area (Å²) < 4.78 is 0. The van der Waals surface area contributed by atoms with E-state index >= 15 is 0 Å². The van der Waals surface area contributed by atoms with Crippen LogP contribution in [0.1, 0.15) is 6.42 Å². The van der Waals surface area contributed by atoms with Gasteiger partial charge in [0, 0.05) is 44.0 Å². The zero-order valence-corrected chi connectivity index (χ0v) is 13.2. The molecule has 0 spiro atoms. The molecule has 0 aliphatic carbocycles. The molecule has 0 bridgehead atoms. The molecule has 20 heavy (non-hydrogen) atoms. The lowest BCUT2D eigenvalue weighted by atomic mass is 10.3. The minimum atomic E-state index is 0.145. The van der Waals surface area contributed by atoms with Crippen LogP contribution in [0.2, 0.25) is 0 Å². The summed E-state index contributed by atoms with van der Waals surface area (Å²) in [6.07, 6.45) is 2.44. The number of amides is 1. The number of piperazine rings is 1. The fourth-order valence-corrected chi connectivity index (χ4v) is 3.24. The van der Waals surface area contributed by atoms with Gasteiger partial charge in [0.2, 0.25) is 5.91 Å². The van der Waals surface area contributed by atoms with E-state index in [1.807, 2.05) is 12.3 Å². The third-order valence-corrected chi connectivity index (χ3v) is 4.57. The van der Waals surface area contributed by atoms with Crippen molar-refractivity contribution in [3.05, 3.63) is 18.3 Å². The largest absolute Gasteiger partial charge is 0.368 e. The first kappa shape index (κ1) is 13.8. The highest BCUT2D eigenvalue weighted by molar-refractivity contribution is 9.09. The van der Waals surface area contributed by atoms with Crippen LogP contribution in [0.15, 0.2) is 18.3 Å². The van der Waals surface area contributed by atoms with Gasteiger partial charge < -0.3 is 9.80 Å². The molecule has 108 valence electrons. The Bertz CT molecular complexity index is 484. The Morgan fingerprint density at radius 2 is 2.00 bits per heavy atom. The van der Waals surface area contributed by atoms with Gasteiger partial charge in [-0.2, -0.15) is 0 Å². The summed E-state index contributed by atoms with van der Waals surface area (Å²) in [5, 5.41) is 0. The molecular formula is C14H19BrN4O. The van der Waals surface area contributed by atoms with Crippen molar-refractivity contribution in [1.29, 1.82) is 0 Å². The third-order valence-electron chi connectivity index (χ3n) is 3.96. The maximum atomic E-state index is 11.8. The zero-order valence-electron chi connectivity index (χ0n) is 11.6. The molecule has 6 heteroatoms. The van der Waals surface area contributed by atoms with E-state index in [-0.39, 0.29) is 10.7 Å². The Kier molecular flexibility index (Phi) is 3.94. The van der Waals surface area contributed by atoms with Gasteiger partial charge >= 0.3 is 0 Å². The summed E-state index contributed by atoms with van der Waals surface area (Å²) in [6, 6.07) is 4.03. The quantitative estimate of drug-likeness (QED) is 0.763. The van der Waals surface area contributed by atoms with E-state index in [4.69, 9.17) is 0 Å². The molecule has 2 aliphatic heterocycles. The van der Waals surface area contributed by atoms with Gasteiger partial charge in [-0.15, -0.1) is 0 Å². The van der Waals surface area contributed by atoms with Crippen LogP contribution in [0.5, 0.6) is 0 Å². The van der Waals surface area contributed by atoms with Crippen molar-refractivity contribution < 1.29 is 4.79 Å². The van der Waals surface area contributed by atoms with Crippen molar-refractivity contribution in [1.82, 2.24) is 9.88 Å². The van der Waals surface area contributed by atoms with Crippen LogP contribution in [-0.4, -0.2) is 60.4 Å². The SMILES string of the molecule is CN1CCN(c2ccc(N3CC(Br)CC3=O)nc2)CC1. The first-order valence-corrected chi connectivity index (χ1v) is 7.89. The van der Waals surface area contributed by atoms with Crippen molar-refractivity contribution in [2.45, 2.75) is 11.2 Å². The monoisotopic (exact) mass is 338 g/mol. The number of carbonyl (C=O) groups is 1. The van der Waals surface area contributed by atoms with Crippen LogP contribution in [0.25, 0.3) is 0 Å². The van der Waals surface area contributed by atoms with Crippen molar-refractivity contribution >= 4 is 33.3 Å². The lowest BCUT2D eigenvalue weighted by Gasteiger charge is -2.33. The predicted octanol–water partition coefficient (Wildman–Crippen LogP) is 1.33. The molecular weight excluding hydrogens is 320 g/mol. The number of aromatic nitrogens is 1. The molecule has 1 unspecified atom stereocenters. The smallest absolute Gasteiger partial charge is 0.229 e. The number of pyridine rings is 1. The normalized spacial score (nSPS) is 24.5. The van der Waals surface area contributed by atoms with E-state index in [9.17, 15) is 4.79 Å². The Labute approximate surface area is 127 Å². The van der Waals surface area contributed by atoms with Crippen LogP contribution < -0.4 is 9.80 Å². The molecule has 2 aliphatic rings. The molecule has 0 radical (unpaired) electrons. The summed E-state index contributed by atoms with van der Waals surface area (Å²) >= 11 is 3.50. The molecule has 0 saturated carbocycles. The van der Waals surface area contributed by atoms with Gasteiger partial charge in [-0.25, -0.2) is 4.98 Å². The number of hydrogen-bond acceptors (Lipinski definition) is 4. The maximum Gasteiger partial charge on any atom is 0.229 e. The Balaban J connectivity index is 1.70. The van der Waals surface area contributed by atoms with Gasteiger partial charge in [-0.3, -0.25) is 9.69 Å². The van der Waals surface area contributed by atoms with Crippen LogP contribution in [0.4, 0.5) is 11.5 Å².